The van der Waals surface area contributed by atoms with E-state index in [1.807, 2.05) is 6.26 Å². The number of halogens is 3. The topological polar surface area (TPSA) is 77.6 Å². The lowest BCUT2D eigenvalue weighted by Gasteiger charge is -2.16. The summed E-state index contributed by atoms with van der Waals surface area (Å²) in [6, 6.07) is 1.30. The van der Waals surface area contributed by atoms with Gasteiger partial charge in [0.1, 0.15) is 12.4 Å². The van der Waals surface area contributed by atoms with Crippen molar-refractivity contribution < 1.29 is 18.0 Å². The monoisotopic (exact) mass is 416 g/mol. The van der Waals surface area contributed by atoms with E-state index in [1.165, 1.54) is 12.8 Å². The largest absolute Gasteiger partial charge is 0.435 e. The second-order valence-electron chi connectivity index (χ2n) is 6.76. The van der Waals surface area contributed by atoms with Crippen molar-refractivity contribution in [2.24, 2.45) is 0 Å². The van der Waals surface area contributed by atoms with Crippen LogP contribution in [-0.4, -0.2) is 43.3 Å². The molecule has 2 heterocycles. The van der Waals surface area contributed by atoms with Gasteiger partial charge >= 0.3 is 6.18 Å². The van der Waals surface area contributed by atoms with Crippen molar-refractivity contribution in [1.29, 1.82) is 0 Å². The van der Waals surface area contributed by atoms with Gasteiger partial charge in [-0.25, -0.2) is 0 Å². The highest BCUT2D eigenvalue weighted by Gasteiger charge is 2.33. The molecule has 1 N–H and O–H groups in total. The van der Waals surface area contributed by atoms with E-state index in [-0.39, 0.29) is 12.5 Å². The zero-order valence-corrected chi connectivity index (χ0v) is 16.4. The van der Waals surface area contributed by atoms with E-state index in [2.05, 4.69) is 25.2 Å². The van der Waals surface area contributed by atoms with Crippen LogP contribution in [0.2, 0.25) is 0 Å². The number of carbonyl (C=O) groups excluding carboxylic acids is 1. The molecule has 2 aromatic heterocycles. The Bertz CT molecular complexity index is 797. The zero-order chi connectivity index (χ0) is 20.1. The number of thioether (sulfide) groups is 1. The summed E-state index contributed by atoms with van der Waals surface area (Å²) in [6.07, 6.45) is 4.70. The molecule has 0 aliphatic heterocycles. The number of aromatic nitrogens is 5. The Kier molecular flexibility index (Phi) is 6.63. The highest BCUT2D eigenvalue weighted by Crippen LogP contribution is 2.33. The van der Waals surface area contributed by atoms with Crippen molar-refractivity contribution in [2.45, 2.75) is 62.4 Å². The van der Waals surface area contributed by atoms with Gasteiger partial charge in [0.15, 0.2) is 10.9 Å². The van der Waals surface area contributed by atoms with Crippen LogP contribution in [0.15, 0.2) is 17.4 Å². The predicted molar refractivity (Wildman–Crippen MR) is 97.9 cm³/mol. The fourth-order valence-corrected chi connectivity index (χ4v) is 4.00. The summed E-state index contributed by atoms with van der Waals surface area (Å²) in [4.78, 5) is 11.9. The summed E-state index contributed by atoms with van der Waals surface area (Å²) in [7, 11) is 0. The van der Waals surface area contributed by atoms with Gasteiger partial charge in [-0.15, -0.1) is 10.2 Å². The molecular weight excluding hydrogens is 393 g/mol. The highest BCUT2D eigenvalue weighted by atomic mass is 32.2. The van der Waals surface area contributed by atoms with E-state index in [9.17, 15) is 18.0 Å². The normalized spacial score (nSPS) is 15.3. The number of nitrogens with zero attached hydrogens (tertiary/aromatic N) is 5. The summed E-state index contributed by atoms with van der Waals surface area (Å²) >= 11 is 1.58. The molecule has 0 spiro atoms. The van der Waals surface area contributed by atoms with Crippen molar-refractivity contribution in [3.63, 3.8) is 0 Å². The van der Waals surface area contributed by atoms with Gasteiger partial charge in [-0.1, -0.05) is 24.6 Å². The first-order chi connectivity index (χ1) is 13.4. The molecule has 0 saturated heterocycles. The van der Waals surface area contributed by atoms with Crippen molar-refractivity contribution in [1.82, 2.24) is 29.9 Å². The number of hydrogen-bond donors (Lipinski definition) is 1. The average Bonchev–Trinajstić information content (AvgIpc) is 3.37. The molecular formula is C17H23F3N6OS. The molecule has 28 heavy (non-hydrogen) atoms. The fourth-order valence-electron chi connectivity index (χ4n) is 3.42. The molecule has 1 aliphatic rings. The Morgan fingerprint density at radius 3 is 2.71 bits per heavy atom. The summed E-state index contributed by atoms with van der Waals surface area (Å²) in [5.74, 6) is 0.547. The Labute approximate surface area is 165 Å². The number of alkyl halides is 3. The van der Waals surface area contributed by atoms with Gasteiger partial charge in [0.25, 0.3) is 0 Å². The second kappa shape index (κ2) is 8.97. The number of carbonyl (C=O) groups is 1. The minimum absolute atomic E-state index is 0.245. The lowest BCUT2D eigenvalue weighted by atomic mass is 10.2. The summed E-state index contributed by atoms with van der Waals surface area (Å²) in [5, 5.41) is 15.6. The average molecular weight is 416 g/mol. The third-order valence-electron chi connectivity index (χ3n) is 4.74. The molecule has 7 nitrogen and oxygen atoms in total. The molecule has 3 rings (SSSR count). The van der Waals surface area contributed by atoms with Crippen LogP contribution in [0.25, 0.3) is 0 Å². The van der Waals surface area contributed by atoms with Gasteiger partial charge in [0.2, 0.25) is 5.91 Å². The number of nitrogens with one attached hydrogen (secondary N) is 1. The molecule has 1 aliphatic carbocycles. The van der Waals surface area contributed by atoms with Gasteiger partial charge < -0.3 is 9.88 Å². The summed E-state index contributed by atoms with van der Waals surface area (Å²) < 4.78 is 40.8. The molecule has 1 saturated carbocycles. The molecule has 0 atom stereocenters. The Hall–Kier alpha value is -2.04. The van der Waals surface area contributed by atoms with E-state index in [0.717, 1.165) is 40.8 Å². The molecule has 154 valence electrons. The molecule has 0 unspecified atom stereocenters. The Morgan fingerprint density at radius 1 is 1.32 bits per heavy atom. The van der Waals surface area contributed by atoms with Gasteiger partial charge in [-0.3, -0.25) is 9.48 Å². The first kappa shape index (κ1) is 20.7. The van der Waals surface area contributed by atoms with Crippen LogP contribution < -0.4 is 5.32 Å². The molecule has 0 bridgehead atoms. The van der Waals surface area contributed by atoms with Gasteiger partial charge in [-0.05, 0) is 31.6 Å². The summed E-state index contributed by atoms with van der Waals surface area (Å²) in [6.45, 7) is 0.170. The van der Waals surface area contributed by atoms with E-state index in [1.54, 1.807) is 11.8 Å². The quantitative estimate of drug-likeness (QED) is 0.529. The van der Waals surface area contributed by atoms with Crippen LogP contribution in [0.5, 0.6) is 0 Å². The van der Waals surface area contributed by atoms with Gasteiger partial charge in [0, 0.05) is 25.2 Å². The van der Waals surface area contributed by atoms with Crippen LogP contribution in [-0.2, 0) is 23.9 Å². The van der Waals surface area contributed by atoms with E-state index < -0.39 is 11.9 Å². The number of aryl methyl sites for hydroxylation is 1. The molecule has 0 aromatic carbocycles. The zero-order valence-electron chi connectivity index (χ0n) is 15.6. The maximum Gasteiger partial charge on any atom is 0.435 e. The minimum Gasteiger partial charge on any atom is -0.354 e. The molecule has 1 amide bonds. The first-order valence-electron chi connectivity index (χ1n) is 9.23. The third kappa shape index (κ3) is 5.06. The Balaban J connectivity index is 1.46. The van der Waals surface area contributed by atoms with E-state index >= 15 is 0 Å². The number of rotatable bonds is 8. The van der Waals surface area contributed by atoms with Crippen LogP contribution in [0.1, 0.15) is 49.7 Å². The SMILES string of the molecule is CSc1nnc(CCCNC(=O)Cn2ccc(C(F)(F)F)n2)n1C1CCCC1. The molecule has 2 aromatic rings. The molecule has 1 fully saturated rings. The third-order valence-corrected chi connectivity index (χ3v) is 5.39. The standard InChI is InChI=1S/C17H23F3N6OS/c1-28-16-23-22-14(26(16)12-5-2-3-6-12)7-4-9-21-15(27)11-25-10-8-13(24-25)17(18,19)20/h8,10,12H,2-7,9,11H2,1H3,(H,21,27). The highest BCUT2D eigenvalue weighted by molar-refractivity contribution is 7.98. The number of hydrogen-bond acceptors (Lipinski definition) is 5. The maximum absolute atomic E-state index is 12.5. The number of amides is 1. The lowest BCUT2D eigenvalue weighted by Crippen LogP contribution is -2.29. The van der Waals surface area contributed by atoms with Crippen LogP contribution >= 0.6 is 11.8 Å². The Morgan fingerprint density at radius 2 is 2.07 bits per heavy atom. The van der Waals surface area contributed by atoms with Crippen LogP contribution in [0, 0.1) is 0 Å². The van der Waals surface area contributed by atoms with Crippen molar-refractivity contribution in [2.75, 3.05) is 12.8 Å². The second-order valence-corrected chi connectivity index (χ2v) is 7.53. The fraction of sp³-hybridized carbons (Fsp3) is 0.647. The van der Waals surface area contributed by atoms with Crippen molar-refractivity contribution in [3.8, 4) is 0 Å². The first-order valence-corrected chi connectivity index (χ1v) is 10.5. The summed E-state index contributed by atoms with van der Waals surface area (Å²) in [5.41, 5.74) is -1.00. The maximum atomic E-state index is 12.5. The molecule has 11 heteroatoms. The lowest BCUT2D eigenvalue weighted by molar-refractivity contribution is -0.141. The molecule has 0 radical (unpaired) electrons. The van der Waals surface area contributed by atoms with Crippen molar-refractivity contribution >= 4 is 17.7 Å². The van der Waals surface area contributed by atoms with E-state index in [4.69, 9.17) is 0 Å². The smallest absolute Gasteiger partial charge is 0.354 e. The van der Waals surface area contributed by atoms with Crippen molar-refractivity contribution in [3.05, 3.63) is 23.8 Å². The minimum atomic E-state index is -4.51. The van der Waals surface area contributed by atoms with E-state index in [0.29, 0.717) is 25.4 Å². The van der Waals surface area contributed by atoms with Crippen LogP contribution in [0.3, 0.4) is 0 Å². The van der Waals surface area contributed by atoms with Gasteiger partial charge in [-0.2, -0.15) is 18.3 Å². The van der Waals surface area contributed by atoms with Gasteiger partial charge in [0.05, 0.1) is 0 Å². The van der Waals surface area contributed by atoms with Crippen LogP contribution in [0.4, 0.5) is 13.2 Å². The predicted octanol–water partition coefficient (Wildman–Crippen LogP) is 3.08.